The van der Waals surface area contributed by atoms with Crippen molar-refractivity contribution in [3.8, 4) is 0 Å². The number of hydrogen-bond acceptors (Lipinski definition) is 3. The molecule has 1 saturated carbocycles. The van der Waals surface area contributed by atoms with Crippen LogP contribution < -0.4 is 5.56 Å². The van der Waals surface area contributed by atoms with Crippen molar-refractivity contribution >= 4 is 11.6 Å². The Bertz CT molecular complexity index is 694. The molecule has 1 aliphatic carbocycles. The average Bonchev–Trinajstić information content (AvgIpc) is 3.06. The molecule has 0 spiro atoms. The summed E-state index contributed by atoms with van der Waals surface area (Å²) in [4.78, 5) is 27.2. The topological polar surface area (TPSA) is 87.5 Å². The molecular formula is C12H13N3O3. The normalized spacial score (nSPS) is 15.2. The first-order valence-corrected chi connectivity index (χ1v) is 5.89. The van der Waals surface area contributed by atoms with E-state index >= 15 is 0 Å². The third-order valence-electron chi connectivity index (χ3n) is 3.28. The van der Waals surface area contributed by atoms with Crippen LogP contribution in [0.15, 0.2) is 10.9 Å². The second kappa shape index (κ2) is 3.69. The molecule has 6 heteroatoms. The summed E-state index contributed by atoms with van der Waals surface area (Å²) in [6, 6.07) is 1.87. The minimum absolute atomic E-state index is 0.240. The molecule has 3 rings (SSSR count). The van der Waals surface area contributed by atoms with E-state index in [1.165, 1.54) is 4.52 Å². The van der Waals surface area contributed by atoms with Gasteiger partial charge in [0.25, 0.3) is 5.56 Å². The zero-order valence-corrected chi connectivity index (χ0v) is 9.93. The van der Waals surface area contributed by atoms with Crippen molar-refractivity contribution < 1.29 is 9.90 Å². The van der Waals surface area contributed by atoms with Crippen molar-refractivity contribution in [2.75, 3.05) is 0 Å². The van der Waals surface area contributed by atoms with Crippen LogP contribution in [0.1, 0.15) is 35.7 Å². The number of nitrogens with one attached hydrogen (secondary N) is 1. The fourth-order valence-corrected chi connectivity index (χ4v) is 2.15. The predicted molar refractivity (Wildman–Crippen MR) is 63.9 cm³/mol. The number of fused-ring (bicyclic) bond motifs is 1. The largest absolute Gasteiger partial charge is 0.481 e. The quantitative estimate of drug-likeness (QED) is 0.841. The first-order chi connectivity index (χ1) is 8.56. The van der Waals surface area contributed by atoms with Gasteiger partial charge in [-0.2, -0.15) is 0 Å². The molecule has 94 valence electrons. The van der Waals surface area contributed by atoms with Crippen molar-refractivity contribution in [1.29, 1.82) is 0 Å². The average molecular weight is 247 g/mol. The van der Waals surface area contributed by atoms with Crippen molar-refractivity contribution in [1.82, 2.24) is 14.6 Å². The second-order valence-corrected chi connectivity index (χ2v) is 4.73. The van der Waals surface area contributed by atoms with Crippen LogP contribution in [-0.2, 0) is 11.2 Å². The van der Waals surface area contributed by atoms with E-state index in [1.807, 2.05) is 6.07 Å². The molecule has 6 nitrogen and oxygen atoms in total. The molecule has 2 heterocycles. The smallest absolute Gasteiger partial charge is 0.308 e. The minimum Gasteiger partial charge on any atom is -0.481 e. The van der Waals surface area contributed by atoms with E-state index in [9.17, 15) is 9.59 Å². The Morgan fingerprint density at radius 1 is 1.61 bits per heavy atom. The van der Waals surface area contributed by atoms with Crippen LogP contribution in [0, 0.1) is 6.92 Å². The number of aliphatic carboxylic acids is 1. The van der Waals surface area contributed by atoms with Gasteiger partial charge < -0.3 is 5.11 Å². The number of aryl methyl sites for hydroxylation is 1. The van der Waals surface area contributed by atoms with Gasteiger partial charge in [-0.1, -0.05) is 0 Å². The minimum atomic E-state index is -1.02. The Hall–Kier alpha value is -2.11. The Morgan fingerprint density at radius 3 is 2.94 bits per heavy atom. The molecule has 1 aliphatic rings. The van der Waals surface area contributed by atoms with Gasteiger partial charge in [0.15, 0.2) is 5.65 Å². The van der Waals surface area contributed by atoms with Crippen molar-refractivity contribution in [2.45, 2.75) is 32.1 Å². The van der Waals surface area contributed by atoms with Gasteiger partial charge in [-0.25, -0.2) is 9.50 Å². The molecule has 0 aliphatic heterocycles. The van der Waals surface area contributed by atoms with E-state index in [0.29, 0.717) is 17.3 Å². The first-order valence-electron chi connectivity index (χ1n) is 5.89. The number of aromatic amines is 1. The molecule has 0 saturated heterocycles. The van der Waals surface area contributed by atoms with Gasteiger partial charge in [-0.05, 0) is 19.8 Å². The van der Waals surface area contributed by atoms with E-state index in [2.05, 4.69) is 10.1 Å². The number of carboxylic acid groups (broad SMARTS) is 1. The molecule has 18 heavy (non-hydrogen) atoms. The summed E-state index contributed by atoms with van der Waals surface area (Å²) in [6.07, 6.45) is 1.96. The van der Waals surface area contributed by atoms with Crippen LogP contribution >= 0.6 is 0 Å². The third-order valence-corrected chi connectivity index (χ3v) is 3.28. The van der Waals surface area contributed by atoms with Crippen LogP contribution in [0.5, 0.6) is 0 Å². The molecule has 0 aromatic carbocycles. The van der Waals surface area contributed by atoms with Crippen LogP contribution in [-0.4, -0.2) is 25.7 Å². The Kier molecular flexibility index (Phi) is 2.26. The molecule has 2 aromatic heterocycles. The lowest BCUT2D eigenvalue weighted by Crippen LogP contribution is -2.23. The zero-order valence-electron chi connectivity index (χ0n) is 9.93. The summed E-state index contributed by atoms with van der Waals surface area (Å²) in [5.41, 5.74) is 1.99. The number of aromatic nitrogens is 3. The Labute approximate surface area is 102 Å². The number of carboxylic acids is 1. The van der Waals surface area contributed by atoms with E-state index in [4.69, 9.17) is 5.11 Å². The molecule has 2 aromatic rings. The van der Waals surface area contributed by atoms with E-state index in [1.54, 1.807) is 6.92 Å². The lowest BCUT2D eigenvalue weighted by Gasteiger charge is -2.02. The standard InChI is InChI=1S/C12H13N3O3/c1-6-8(4-11(16)17)12(18)15-10(13-6)5-9(14-15)7-2-3-7/h5,7,14H,2-4H2,1H3,(H,16,17). The number of nitrogens with zero attached hydrogens (tertiary/aromatic N) is 2. The molecule has 0 amide bonds. The van der Waals surface area contributed by atoms with Crippen LogP contribution in [0.25, 0.3) is 5.65 Å². The third kappa shape index (κ3) is 1.70. The second-order valence-electron chi connectivity index (χ2n) is 4.73. The lowest BCUT2D eigenvalue weighted by molar-refractivity contribution is -0.136. The highest BCUT2D eigenvalue weighted by molar-refractivity contribution is 5.70. The number of hydrogen-bond donors (Lipinski definition) is 2. The van der Waals surface area contributed by atoms with Crippen molar-refractivity contribution in [3.05, 3.63) is 33.4 Å². The van der Waals surface area contributed by atoms with E-state index in [0.717, 1.165) is 18.5 Å². The molecule has 0 bridgehead atoms. The summed E-state index contributed by atoms with van der Waals surface area (Å²) >= 11 is 0. The van der Waals surface area contributed by atoms with Crippen LogP contribution in [0.2, 0.25) is 0 Å². The number of H-pyrrole nitrogens is 1. The Morgan fingerprint density at radius 2 is 2.33 bits per heavy atom. The summed E-state index contributed by atoms with van der Waals surface area (Å²) in [6.45, 7) is 1.67. The van der Waals surface area contributed by atoms with E-state index in [-0.39, 0.29) is 17.5 Å². The molecule has 2 N–H and O–H groups in total. The maximum Gasteiger partial charge on any atom is 0.308 e. The summed E-state index contributed by atoms with van der Waals surface area (Å²) in [5.74, 6) is -0.528. The lowest BCUT2D eigenvalue weighted by atomic mass is 10.2. The van der Waals surface area contributed by atoms with Gasteiger partial charge in [0.1, 0.15) is 0 Å². The van der Waals surface area contributed by atoms with Crippen molar-refractivity contribution in [3.63, 3.8) is 0 Å². The highest BCUT2D eigenvalue weighted by Gasteiger charge is 2.26. The van der Waals surface area contributed by atoms with Gasteiger partial charge in [0.05, 0.1) is 12.0 Å². The van der Waals surface area contributed by atoms with Crippen molar-refractivity contribution in [2.24, 2.45) is 0 Å². The highest BCUT2D eigenvalue weighted by atomic mass is 16.4. The number of carbonyl (C=O) groups is 1. The fraction of sp³-hybridized carbons (Fsp3) is 0.417. The summed E-state index contributed by atoms with van der Waals surface area (Å²) in [7, 11) is 0. The SMILES string of the molecule is Cc1nc2cc(C3CC3)[nH]n2c(=O)c1CC(=O)O. The maximum absolute atomic E-state index is 12.2. The zero-order chi connectivity index (χ0) is 12.9. The molecule has 1 fully saturated rings. The van der Waals surface area contributed by atoms with Gasteiger partial charge in [0, 0.05) is 23.4 Å². The Balaban J connectivity index is 2.19. The van der Waals surface area contributed by atoms with Crippen LogP contribution in [0.3, 0.4) is 0 Å². The van der Waals surface area contributed by atoms with Gasteiger partial charge >= 0.3 is 5.97 Å². The van der Waals surface area contributed by atoms with Crippen LogP contribution in [0.4, 0.5) is 0 Å². The summed E-state index contributed by atoms with van der Waals surface area (Å²) < 4.78 is 1.35. The maximum atomic E-state index is 12.2. The van der Waals surface area contributed by atoms with E-state index < -0.39 is 5.97 Å². The van der Waals surface area contributed by atoms with Gasteiger partial charge in [-0.3, -0.25) is 14.7 Å². The molecule has 0 unspecified atom stereocenters. The molecular weight excluding hydrogens is 234 g/mol. The number of rotatable bonds is 3. The monoisotopic (exact) mass is 247 g/mol. The fourth-order valence-electron chi connectivity index (χ4n) is 2.15. The predicted octanol–water partition coefficient (Wildman–Crippen LogP) is 0.836. The van der Waals surface area contributed by atoms with Gasteiger partial charge in [0.2, 0.25) is 0 Å². The highest BCUT2D eigenvalue weighted by Crippen LogP contribution is 2.39. The van der Waals surface area contributed by atoms with Gasteiger partial charge in [-0.15, -0.1) is 0 Å². The molecule has 0 radical (unpaired) electrons. The summed E-state index contributed by atoms with van der Waals surface area (Å²) in [5, 5.41) is 11.8. The molecule has 0 atom stereocenters. The first kappa shape index (κ1) is 11.0.